The van der Waals surface area contributed by atoms with Crippen molar-refractivity contribution in [2.45, 2.75) is 75.4 Å². The lowest BCUT2D eigenvalue weighted by molar-refractivity contribution is -0.157. The molecule has 2 aliphatic rings. The highest BCUT2D eigenvalue weighted by molar-refractivity contribution is 5.92. The van der Waals surface area contributed by atoms with E-state index in [1.54, 1.807) is 20.8 Å². The number of carboxylic acids is 1. The van der Waals surface area contributed by atoms with Gasteiger partial charge in [0.2, 0.25) is 17.7 Å². The Balaban J connectivity index is 1.05. The third kappa shape index (κ3) is 8.90. The van der Waals surface area contributed by atoms with Crippen molar-refractivity contribution in [1.29, 1.82) is 0 Å². The summed E-state index contributed by atoms with van der Waals surface area (Å²) >= 11 is 0. The molecule has 7 rings (SSSR count). The van der Waals surface area contributed by atoms with Gasteiger partial charge in [-0.3, -0.25) is 19.3 Å². The van der Waals surface area contributed by atoms with E-state index < -0.39 is 59.2 Å². The van der Waals surface area contributed by atoms with E-state index in [-0.39, 0.29) is 38.3 Å². The van der Waals surface area contributed by atoms with Gasteiger partial charge in [0, 0.05) is 25.3 Å². The monoisotopic (exact) mass is 822 g/mol. The van der Waals surface area contributed by atoms with Crippen LogP contribution in [0, 0.1) is 0 Å². The smallest absolute Gasteiger partial charge is 0.407 e. The van der Waals surface area contributed by atoms with Crippen LogP contribution in [0.2, 0.25) is 0 Å². The molecule has 0 radical (unpaired) electrons. The van der Waals surface area contributed by atoms with Crippen LogP contribution in [-0.4, -0.2) is 76.9 Å². The Morgan fingerprint density at radius 2 is 1.21 bits per heavy atom. The van der Waals surface area contributed by atoms with Crippen molar-refractivity contribution in [3.8, 4) is 11.1 Å². The second-order valence-electron chi connectivity index (χ2n) is 15.8. The summed E-state index contributed by atoms with van der Waals surface area (Å²) in [4.78, 5) is 68.7. The van der Waals surface area contributed by atoms with E-state index in [1.807, 2.05) is 140 Å². The van der Waals surface area contributed by atoms with Gasteiger partial charge < -0.3 is 30.5 Å². The second-order valence-corrected chi connectivity index (χ2v) is 15.8. The number of rotatable bonds is 15. The topological polar surface area (TPSA) is 163 Å². The molecule has 4 amide bonds. The predicted octanol–water partition coefficient (Wildman–Crippen LogP) is 6.73. The molecule has 1 saturated heterocycles. The quantitative estimate of drug-likeness (QED) is 0.0846. The molecular formula is C49H50N4O8. The average Bonchev–Trinajstić information content (AvgIpc) is 3.72. The Labute approximate surface area is 355 Å². The third-order valence-electron chi connectivity index (χ3n) is 11.5. The number of carbonyl (C=O) groups excluding carboxylic acids is 4. The highest BCUT2D eigenvalue weighted by atomic mass is 16.6. The maximum absolute atomic E-state index is 14.4. The van der Waals surface area contributed by atoms with Gasteiger partial charge in [0.05, 0.1) is 6.10 Å². The maximum atomic E-state index is 14.4. The number of nitrogens with one attached hydrogen (secondary N) is 3. The van der Waals surface area contributed by atoms with Crippen molar-refractivity contribution in [3.05, 3.63) is 167 Å². The largest absolute Gasteiger partial charge is 0.480 e. The van der Waals surface area contributed by atoms with Crippen molar-refractivity contribution in [2.75, 3.05) is 13.2 Å². The molecule has 1 aliphatic carbocycles. The van der Waals surface area contributed by atoms with Crippen LogP contribution < -0.4 is 16.0 Å². The number of aliphatic carboxylic acids is 1. The fraction of sp³-hybridized carbons (Fsp3) is 0.286. The molecule has 1 fully saturated rings. The summed E-state index contributed by atoms with van der Waals surface area (Å²) in [6.07, 6.45) is -2.16. The highest BCUT2D eigenvalue weighted by Gasteiger charge is 2.53. The Kier molecular flexibility index (Phi) is 12.6. The lowest BCUT2D eigenvalue weighted by Crippen LogP contribution is -2.58. The summed E-state index contributed by atoms with van der Waals surface area (Å²) in [5, 5.41) is 18.8. The lowest BCUT2D eigenvalue weighted by Gasteiger charge is -2.37. The van der Waals surface area contributed by atoms with Gasteiger partial charge in [-0.25, -0.2) is 9.59 Å². The third-order valence-corrected chi connectivity index (χ3v) is 11.5. The molecule has 12 heteroatoms. The molecule has 0 bridgehead atoms. The van der Waals surface area contributed by atoms with E-state index in [0.717, 1.165) is 43.8 Å². The molecule has 3 atom stereocenters. The number of amides is 4. The predicted molar refractivity (Wildman–Crippen MR) is 229 cm³/mol. The summed E-state index contributed by atoms with van der Waals surface area (Å²) in [6, 6.07) is 42.0. The zero-order valence-electron chi connectivity index (χ0n) is 34.4. The summed E-state index contributed by atoms with van der Waals surface area (Å²) in [7, 11) is 0. The van der Waals surface area contributed by atoms with Crippen LogP contribution in [0.3, 0.4) is 0 Å². The molecule has 4 N–H and O–H groups in total. The SMILES string of the molecule is C[C@@H]1OC(C)(C)N(C(=O)[C@H](CCC(=O)NC(c2ccccc2)(c2ccccc2)c2ccccc2)NC(=O)CCNC(=O)OCC2c3ccccc3-c3ccccc32)C1C(=O)O. The molecule has 0 spiro atoms. The standard InChI is InChI=1S/C49H50N4O8/c1-32-44(46(57)58)53(48(2,3)61-32)45(56)41(51-42(54)29-30-50-47(59)60-31-40-38-25-15-13-23-36(38)37-24-14-16-26-39(37)40)27-28-43(55)52-49(33-17-7-4-8-18-33,34-19-9-5-10-20-34)35-21-11-6-12-22-35/h4-26,32,40-41,44H,27-31H2,1-3H3,(H,50,59)(H,51,54)(H,52,55)(H,57,58)/t32-,41-,44?/m0/s1. The molecule has 61 heavy (non-hydrogen) atoms. The molecule has 1 aliphatic heterocycles. The van der Waals surface area contributed by atoms with Crippen LogP contribution in [0.25, 0.3) is 11.1 Å². The van der Waals surface area contributed by atoms with Crippen molar-refractivity contribution in [2.24, 2.45) is 0 Å². The van der Waals surface area contributed by atoms with Crippen LogP contribution >= 0.6 is 0 Å². The molecule has 12 nitrogen and oxygen atoms in total. The van der Waals surface area contributed by atoms with Gasteiger partial charge in [-0.2, -0.15) is 0 Å². The number of ether oxygens (including phenoxy) is 2. The summed E-state index contributed by atoms with van der Waals surface area (Å²) in [5.41, 5.74) is 4.29. The Bertz CT molecular complexity index is 2230. The van der Waals surface area contributed by atoms with E-state index in [9.17, 15) is 29.1 Å². The van der Waals surface area contributed by atoms with Gasteiger partial charge >= 0.3 is 12.1 Å². The Hall–Kier alpha value is -6.79. The van der Waals surface area contributed by atoms with Gasteiger partial charge in [-0.15, -0.1) is 0 Å². The van der Waals surface area contributed by atoms with E-state index in [2.05, 4.69) is 16.0 Å². The number of nitrogens with zero attached hydrogens (tertiary/aromatic N) is 1. The Morgan fingerprint density at radius 1 is 0.721 bits per heavy atom. The van der Waals surface area contributed by atoms with Crippen molar-refractivity contribution >= 4 is 29.8 Å². The van der Waals surface area contributed by atoms with Crippen molar-refractivity contribution in [3.63, 3.8) is 0 Å². The zero-order valence-corrected chi connectivity index (χ0v) is 34.4. The first-order valence-corrected chi connectivity index (χ1v) is 20.5. The van der Waals surface area contributed by atoms with Crippen LogP contribution in [0.1, 0.15) is 73.8 Å². The van der Waals surface area contributed by atoms with Crippen LogP contribution in [0.4, 0.5) is 4.79 Å². The summed E-state index contributed by atoms with van der Waals surface area (Å²) in [6.45, 7) is 4.73. The molecule has 1 unspecified atom stereocenters. The molecule has 5 aromatic carbocycles. The van der Waals surface area contributed by atoms with E-state index in [1.165, 1.54) is 0 Å². The van der Waals surface area contributed by atoms with E-state index in [0.29, 0.717) is 0 Å². The zero-order chi connectivity index (χ0) is 43.1. The minimum atomic E-state index is -1.34. The molecule has 5 aromatic rings. The van der Waals surface area contributed by atoms with Gasteiger partial charge in [0.1, 0.15) is 23.9 Å². The van der Waals surface area contributed by atoms with Crippen LogP contribution in [0.5, 0.6) is 0 Å². The highest BCUT2D eigenvalue weighted by Crippen LogP contribution is 2.44. The molecule has 314 valence electrons. The van der Waals surface area contributed by atoms with Gasteiger partial charge in [0.25, 0.3) is 0 Å². The number of benzene rings is 5. The molecule has 0 saturated carbocycles. The minimum Gasteiger partial charge on any atom is -0.480 e. The molecular weight excluding hydrogens is 773 g/mol. The van der Waals surface area contributed by atoms with E-state index >= 15 is 0 Å². The average molecular weight is 823 g/mol. The number of fused-ring (bicyclic) bond motifs is 3. The fourth-order valence-corrected chi connectivity index (χ4v) is 8.78. The number of hydrogen-bond donors (Lipinski definition) is 4. The van der Waals surface area contributed by atoms with Gasteiger partial charge in [0.15, 0.2) is 6.04 Å². The first-order chi connectivity index (χ1) is 29.4. The molecule has 0 aromatic heterocycles. The van der Waals surface area contributed by atoms with Crippen molar-refractivity contribution < 1.29 is 38.6 Å². The van der Waals surface area contributed by atoms with E-state index in [4.69, 9.17) is 9.47 Å². The first kappa shape index (κ1) is 42.3. The normalized spacial score (nSPS) is 17.1. The lowest BCUT2D eigenvalue weighted by atomic mass is 9.77. The first-order valence-electron chi connectivity index (χ1n) is 20.5. The Morgan fingerprint density at radius 3 is 1.72 bits per heavy atom. The summed E-state index contributed by atoms with van der Waals surface area (Å²) < 4.78 is 11.5. The number of carbonyl (C=O) groups is 5. The maximum Gasteiger partial charge on any atom is 0.407 e. The molecule has 1 heterocycles. The number of alkyl carbamates (subject to hydrolysis) is 1. The fourth-order valence-electron chi connectivity index (χ4n) is 8.78. The van der Waals surface area contributed by atoms with Crippen molar-refractivity contribution in [1.82, 2.24) is 20.9 Å². The summed E-state index contributed by atoms with van der Waals surface area (Å²) in [5.74, 6) is -3.13. The van der Waals surface area contributed by atoms with Crippen LogP contribution in [-0.2, 0) is 34.2 Å². The van der Waals surface area contributed by atoms with Crippen LogP contribution in [0.15, 0.2) is 140 Å². The minimum absolute atomic E-state index is 0.0989. The number of hydrogen-bond acceptors (Lipinski definition) is 7. The van der Waals surface area contributed by atoms with Gasteiger partial charge in [-0.05, 0) is 66.1 Å². The van der Waals surface area contributed by atoms with Gasteiger partial charge in [-0.1, -0.05) is 140 Å². The number of carboxylic acid groups (broad SMARTS) is 1. The second kappa shape index (κ2) is 18.2.